The zero-order valence-electron chi connectivity index (χ0n) is 14.9. The summed E-state index contributed by atoms with van der Waals surface area (Å²) in [6.45, 7) is 1.86. The fraction of sp³-hybridized carbons (Fsp3) is 0.143. The normalized spacial score (nSPS) is 14.9. The summed E-state index contributed by atoms with van der Waals surface area (Å²) in [7, 11) is 1.52. The summed E-state index contributed by atoms with van der Waals surface area (Å²) >= 11 is 0. The van der Waals surface area contributed by atoms with Gasteiger partial charge >= 0.3 is 0 Å². The fourth-order valence-corrected chi connectivity index (χ4v) is 2.65. The summed E-state index contributed by atoms with van der Waals surface area (Å²) in [4.78, 5) is 12.7. The van der Waals surface area contributed by atoms with E-state index in [2.05, 4.69) is 11.0 Å². The van der Waals surface area contributed by atoms with Gasteiger partial charge in [-0.3, -0.25) is 4.79 Å². The number of ether oxygens (including phenoxy) is 2. The van der Waals surface area contributed by atoms with Gasteiger partial charge in [-0.1, -0.05) is 18.1 Å². The number of anilines is 1. The summed E-state index contributed by atoms with van der Waals surface area (Å²) in [6, 6.07) is 11.0. The second kappa shape index (κ2) is 7.75. The third-order valence-corrected chi connectivity index (χ3v) is 3.93. The van der Waals surface area contributed by atoms with Crippen molar-refractivity contribution in [1.82, 2.24) is 0 Å². The molecular formula is C21H17FN2O3. The predicted molar refractivity (Wildman–Crippen MR) is 102 cm³/mol. The SMILES string of the molecule is C#CCOc1ccc(/C=C2/C(=O)N(c3cccc(F)c3)N=C2C)cc1OC. The number of hydrazone groups is 1. The number of hydrogen-bond donors (Lipinski definition) is 0. The fourth-order valence-electron chi connectivity index (χ4n) is 2.65. The third kappa shape index (κ3) is 3.82. The van der Waals surface area contributed by atoms with Gasteiger partial charge in [0, 0.05) is 0 Å². The zero-order valence-corrected chi connectivity index (χ0v) is 14.9. The van der Waals surface area contributed by atoms with Crippen LogP contribution in [-0.2, 0) is 4.79 Å². The molecule has 6 heteroatoms. The predicted octanol–water partition coefficient (Wildman–Crippen LogP) is 3.65. The van der Waals surface area contributed by atoms with E-state index < -0.39 is 5.82 Å². The first kappa shape index (κ1) is 18.2. The second-order valence-corrected chi connectivity index (χ2v) is 5.74. The van der Waals surface area contributed by atoms with E-state index in [9.17, 15) is 9.18 Å². The molecule has 1 aliphatic rings. The molecule has 0 aromatic heterocycles. The minimum Gasteiger partial charge on any atom is -0.493 e. The number of terminal acetylenes is 1. The van der Waals surface area contributed by atoms with Crippen molar-refractivity contribution >= 4 is 23.4 Å². The van der Waals surface area contributed by atoms with Crippen molar-refractivity contribution in [3.8, 4) is 23.8 Å². The number of halogens is 1. The lowest BCUT2D eigenvalue weighted by atomic mass is 10.1. The molecule has 1 aliphatic heterocycles. The van der Waals surface area contributed by atoms with E-state index in [-0.39, 0.29) is 12.5 Å². The van der Waals surface area contributed by atoms with Crippen molar-refractivity contribution in [3.05, 3.63) is 59.4 Å². The first-order chi connectivity index (χ1) is 13.0. The Morgan fingerprint density at radius 3 is 2.78 bits per heavy atom. The quantitative estimate of drug-likeness (QED) is 0.601. The smallest absolute Gasteiger partial charge is 0.280 e. The number of nitrogens with zero attached hydrogens (tertiary/aromatic N) is 2. The van der Waals surface area contributed by atoms with Gasteiger partial charge in [-0.25, -0.2) is 4.39 Å². The second-order valence-electron chi connectivity index (χ2n) is 5.74. The van der Waals surface area contributed by atoms with E-state index in [1.165, 1.54) is 30.3 Å². The summed E-state index contributed by atoms with van der Waals surface area (Å²) < 4.78 is 24.2. The Kier molecular flexibility index (Phi) is 5.23. The molecule has 0 saturated heterocycles. The van der Waals surface area contributed by atoms with E-state index in [1.807, 2.05) is 0 Å². The van der Waals surface area contributed by atoms with Crippen LogP contribution in [0.15, 0.2) is 53.1 Å². The van der Waals surface area contributed by atoms with Gasteiger partial charge in [0.15, 0.2) is 11.5 Å². The summed E-state index contributed by atoms with van der Waals surface area (Å²) in [5, 5.41) is 5.43. The van der Waals surface area contributed by atoms with Crippen molar-refractivity contribution in [2.24, 2.45) is 5.10 Å². The van der Waals surface area contributed by atoms with Gasteiger partial charge in [-0.05, 0) is 48.9 Å². The lowest BCUT2D eigenvalue weighted by Gasteiger charge is -2.12. The van der Waals surface area contributed by atoms with Gasteiger partial charge in [0.25, 0.3) is 5.91 Å². The molecule has 0 bridgehead atoms. The van der Waals surface area contributed by atoms with E-state index in [4.69, 9.17) is 15.9 Å². The molecule has 2 aromatic rings. The average Bonchev–Trinajstić information content (AvgIpc) is 2.95. The molecule has 5 nitrogen and oxygen atoms in total. The van der Waals surface area contributed by atoms with Crippen molar-refractivity contribution in [1.29, 1.82) is 0 Å². The van der Waals surface area contributed by atoms with Gasteiger partial charge in [0.2, 0.25) is 0 Å². The number of carbonyl (C=O) groups excluding carboxylic acids is 1. The standard InChI is InChI=1S/C21H17FN2O3/c1-4-10-27-19-9-8-15(12-20(19)26-3)11-18-14(2)23-24(21(18)25)17-7-5-6-16(22)13-17/h1,5-9,11-13H,10H2,2-3H3/b18-11+. The number of amides is 1. The third-order valence-electron chi connectivity index (χ3n) is 3.93. The van der Waals surface area contributed by atoms with Crippen LogP contribution in [0.5, 0.6) is 11.5 Å². The number of hydrogen-bond acceptors (Lipinski definition) is 4. The van der Waals surface area contributed by atoms with Crippen LogP contribution in [0.2, 0.25) is 0 Å². The van der Waals surface area contributed by atoms with Gasteiger partial charge < -0.3 is 9.47 Å². The Labute approximate surface area is 156 Å². The van der Waals surface area contributed by atoms with Crippen LogP contribution in [0.25, 0.3) is 6.08 Å². The summed E-state index contributed by atoms with van der Waals surface area (Å²) in [5.41, 5.74) is 2.06. The largest absolute Gasteiger partial charge is 0.493 e. The number of carbonyl (C=O) groups is 1. The van der Waals surface area contributed by atoms with Crippen molar-refractivity contribution in [2.45, 2.75) is 6.92 Å². The molecule has 0 unspecified atom stereocenters. The Bertz CT molecular complexity index is 989. The minimum atomic E-state index is -0.433. The average molecular weight is 364 g/mol. The zero-order chi connectivity index (χ0) is 19.4. The Morgan fingerprint density at radius 2 is 2.07 bits per heavy atom. The van der Waals surface area contributed by atoms with Crippen LogP contribution in [-0.4, -0.2) is 25.3 Å². The lowest BCUT2D eigenvalue weighted by molar-refractivity contribution is -0.114. The van der Waals surface area contributed by atoms with E-state index in [0.717, 1.165) is 5.56 Å². The molecule has 0 aliphatic carbocycles. The molecule has 3 rings (SSSR count). The molecule has 1 amide bonds. The lowest BCUT2D eigenvalue weighted by Crippen LogP contribution is -2.21. The van der Waals surface area contributed by atoms with Gasteiger partial charge in [0.05, 0.1) is 24.1 Å². The molecule has 136 valence electrons. The van der Waals surface area contributed by atoms with E-state index in [1.54, 1.807) is 37.3 Å². The molecule has 27 heavy (non-hydrogen) atoms. The van der Waals surface area contributed by atoms with Gasteiger partial charge in [-0.15, -0.1) is 6.42 Å². The molecule has 0 spiro atoms. The highest BCUT2D eigenvalue weighted by Crippen LogP contribution is 2.30. The molecular weight excluding hydrogens is 347 g/mol. The molecule has 0 saturated carbocycles. The highest BCUT2D eigenvalue weighted by atomic mass is 19.1. The van der Waals surface area contributed by atoms with E-state index >= 15 is 0 Å². The Hall–Kier alpha value is -3.59. The van der Waals surface area contributed by atoms with Crippen LogP contribution in [0, 0.1) is 18.2 Å². The van der Waals surface area contributed by atoms with Crippen LogP contribution in [0.4, 0.5) is 10.1 Å². The molecule has 0 N–H and O–H groups in total. The van der Waals surface area contributed by atoms with Crippen LogP contribution < -0.4 is 14.5 Å². The maximum atomic E-state index is 13.5. The van der Waals surface area contributed by atoms with Crippen LogP contribution in [0.1, 0.15) is 12.5 Å². The highest BCUT2D eigenvalue weighted by Gasteiger charge is 2.28. The number of rotatable bonds is 5. The van der Waals surface area contributed by atoms with Crippen molar-refractivity contribution < 1.29 is 18.7 Å². The number of benzene rings is 2. The summed E-state index contributed by atoms with van der Waals surface area (Å²) in [6.07, 6.45) is 6.91. The van der Waals surface area contributed by atoms with Crippen LogP contribution in [0.3, 0.4) is 0 Å². The first-order valence-corrected chi connectivity index (χ1v) is 8.15. The topological polar surface area (TPSA) is 51.1 Å². The Balaban J connectivity index is 1.90. The molecule has 2 aromatic carbocycles. The van der Waals surface area contributed by atoms with Gasteiger partial charge in [-0.2, -0.15) is 10.1 Å². The highest BCUT2D eigenvalue weighted by molar-refractivity contribution is 6.32. The monoisotopic (exact) mass is 364 g/mol. The molecule has 0 fully saturated rings. The molecule has 0 atom stereocenters. The summed E-state index contributed by atoms with van der Waals surface area (Å²) in [5.74, 6) is 2.65. The van der Waals surface area contributed by atoms with Gasteiger partial charge in [0.1, 0.15) is 12.4 Å². The molecule has 0 radical (unpaired) electrons. The van der Waals surface area contributed by atoms with Crippen LogP contribution >= 0.6 is 0 Å². The maximum Gasteiger partial charge on any atom is 0.280 e. The van der Waals surface area contributed by atoms with Crippen molar-refractivity contribution in [3.63, 3.8) is 0 Å². The number of methoxy groups -OCH3 is 1. The van der Waals surface area contributed by atoms with Crippen molar-refractivity contribution in [2.75, 3.05) is 18.7 Å². The molecule has 1 heterocycles. The Morgan fingerprint density at radius 1 is 1.26 bits per heavy atom. The van der Waals surface area contributed by atoms with E-state index in [0.29, 0.717) is 28.5 Å². The maximum absolute atomic E-state index is 13.5. The minimum absolute atomic E-state index is 0.129. The first-order valence-electron chi connectivity index (χ1n) is 8.15.